The van der Waals surface area contributed by atoms with Crippen LogP contribution in [0.3, 0.4) is 0 Å². The van der Waals surface area contributed by atoms with Gasteiger partial charge in [0.2, 0.25) is 15.9 Å². The molecule has 6 nitrogen and oxygen atoms in total. The van der Waals surface area contributed by atoms with Crippen LogP contribution in [0.5, 0.6) is 0 Å². The number of fused-ring (bicyclic) bond motifs is 1. The maximum absolute atomic E-state index is 13.9. The standard InChI is InChI=1S/C29H32N2O4S/c1-22(2)18-31(36(33,34)28-15-9-13-25-12-7-8-14-27(25)28)21-29(32)30(19-24-10-5-4-6-11-24)20-26-17-16-23(3)35-26/h4-17,22H,18-21H2,1-3H3. The number of amides is 1. The molecular weight excluding hydrogens is 472 g/mol. The van der Waals surface area contributed by atoms with Crippen LogP contribution in [0, 0.1) is 12.8 Å². The number of nitrogens with zero attached hydrogens (tertiary/aromatic N) is 2. The normalized spacial score (nSPS) is 11.9. The number of furan rings is 1. The summed E-state index contributed by atoms with van der Waals surface area (Å²) in [5.74, 6) is 1.18. The zero-order valence-corrected chi connectivity index (χ0v) is 21.7. The van der Waals surface area contributed by atoms with Crippen LogP contribution < -0.4 is 0 Å². The zero-order valence-electron chi connectivity index (χ0n) is 20.9. The zero-order chi connectivity index (χ0) is 25.7. The summed E-state index contributed by atoms with van der Waals surface area (Å²) < 4.78 is 34.8. The van der Waals surface area contributed by atoms with Gasteiger partial charge in [-0.1, -0.05) is 80.6 Å². The van der Waals surface area contributed by atoms with Crippen molar-refractivity contribution in [1.29, 1.82) is 0 Å². The van der Waals surface area contributed by atoms with E-state index in [4.69, 9.17) is 4.42 Å². The lowest BCUT2D eigenvalue weighted by Crippen LogP contribution is -2.43. The minimum Gasteiger partial charge on any atom is -0.464 e. The highest BCUT2D eigenvalue weighted by atomic mass is 32.2. The molecule has 0 spiro atoms. The molecule has 0 saturated carbocycles. The van der Waals surface area contributed by atoms with Gasteiger partial charge in [0.1, 0.15) is 11.5 Å². The van der Waals surface area contributed by atoms with Crippen molar-refractivity contribution in [2.75, 3.05) is 13.1 Å². The fourth-order valence-corrected chi connectivity index (χ4v) is 6.03. The molecule has 0 radical (unpaired) electrons. The van der Waals surface area contributed by atoms with Gasteiger partial charge in [-0.15, -0.1) is 0 Å². The Labute approximate surface area is 213 Å². The molecular formula is C29H32N2O4S. The second-order valence-corrected chi connectivity index (χ2v) is 11.3. The quantitative estimate of drug-likeness (QED) is 0.281. The molecule has 4 aromatic rings. The Morgan fingerprint density at radius 3 is 2.25 bits per heavy atom. The summed E-state index contributed by atoms with van der Waals surface area (Å²) in [6.45, 7) is 6.34. The largest absolute Gasteiger partial charge is 0.464 e. The number of aryl methyl sites for hydroxylation is 1. The molecule has 0 fully saturated rings. The van der Waals surface area contributed by atoms with Gasteiger partial charge < -0.3 is 9.32 Å². The molecule has 36 heavy (non-hydrogen) atoms. The van der Waals surface area contributed by atoms with E-state index in [1.807, 2.05) is 87.5 Å². The second kappa shape index (κ2) is 11.1. The van der Waals surface area contributed by atoms with Crippen molar-refractivity contribution in [3.05, 3.63) is 102 Å². The molecule has 0 N–H and O–H groups in total. The van der Waals surface area contributed by atoms with Crippen LogP contribution in [-0.2, 0) is 27.9 Å². The summed E-state index contributed by atoms with van der Waals surface area (Å²) in [6.07, 6.45) is 0. The number of carbonyl (C=O) groups is 1. The molecule has 0 saturated heterocycles. The Bertz CT molecular complexity index is 1420. The van der Waals surface area contributed by atoms with E-state index in [-0.39, 0.29) is 36.4 Å². The number of rotatable bonds is 10. The Balaban J connectivity index is 1.66. The van der Waals surface area contributed by atoms with Crippen LogP contribution in [0.2, 0.25) is 0 Å². The van der Waals surface area contributed by atoms with E-state index in [0.717, 1.165) is 16.7 Å². The predicted octanol–water partition coefficient (Wildman–Crippen LogP) is 5.62. The van der Waals surface area contributed by atoms with Crippen LogP contribution in [0.1, 0.15) is 30.9 Å². The average molecular weight is 505 g/mol. The lowest BCUT2D eigenvalue weighted by molar-refractivity contribution is -0.133. The first-order valence-corrected chi connectivity index (χ1v) is 13.5. The molecule has 3 aromatic carbocycles. The highest BCUT2D eigenvalue weighted by molar-refractivity contribution is 7.89. The van der Waals surface area contributed by atoms with Gasteiger partial charge in [0, 0.05) is 18.5 Å². The van der Waals surface area contributed by atoms with Crippen molar-refractivity contribution >= 4 is 26.7 Å². The predicted molar refractivity (Wildman–Crippen MR) is 142 cm³/mol. The highest BCUT2D eigenvalue weighted by Gasteiger charge is 2.30. The van der Waals surface area contributed by atoms with Gasteiger partial charge in [-0.2, -0.15) is 4.31 Å². The van der Waals surface area contributed by atoms with E-state index in [2.05, 4.69) is 0 Å². The van der Waals surface area contributed by atoms with Gasteiger partial charge in [0.15, 0.2) is 0 Å². The maximum Gasteiger partial charge on any atom is 0.244 e. The Kier molecular flexibility index (Phi) is 7.91. The molecule has 188 valence electrons. The first-order chi connectivity index (χ1) is 17.2. The van der Waals surface area contributed by atoms with Crippen LogP contribution in [0.25, 0.3) is 10.8 Å². The van der Waals surface area contributed by atoms with Crippen molar-refractivity contribution < 1.29 is 17.6 Å². The number of sulfonamides is 1. The van der Waals surface area contributed by atoms with Crippen molar-refractivity contribution in [1.82, 2.24) is 9.21 Å². The van der Waals surface area contributed by atoms with Gasteiger partial charge >= 0.3 is 0 Å². The number of benzene rings is 3. The first-order valence-electron chi connectivity index (χ1n) is 12.1. The Morgan fingerprint density at radius 1 is 0.861 bits per heavy atom. The van der Waals surface area contributed by atoms with E-state index < -0.39 is 10.0 Å². The van der Waals surface area contributed by atoms with E-state index in [9.17, 15) is 13.2 Å². The van der Waals surface area contributed by atoms with E-state index in [0.29, 0.717) is 17.7 Å². The molecule has 7 heteroatoms. The van der Waals surface area contributed by atoms with Gasteiger partial charge in [-0.05, 0) is 42.0 Å². The summed E-state index contributed by atoms with van der Waals surface area (Å²) in [5.41, 5.74) is 0.960. The maximum atomic E-state index is 13.9. The summed E-state index contributed by atoms with van der Waals surface area (Å²) in [7, 11) is -3.93. The van der Waals surface area contributed by atoms with Gasteiger partial charge in [0.25, 0.3) is 0 Å². The van der Waals surface area contributed by atoms with Crippen LogP contribution in [0.4, 0.5) is 0 Å². The van der Waals surface area contributed by atoms with Crippen LogP contribution >= 0.6 is 0 Å². The fraction of sp³-hybridized carbons (Fsp3) is 0.276. The molecule has 0 unspecified atom stereocenters. The molecule has 0 atom stereocenters. The number of hydrogen-bond acceptors (Lipinski definition) is 4. The molecule has 1 heterocycles. The second-order valence-electron chi connectivity index (χ2n) is 9.42. The molecule has 0 aliphatic carbocycles. The number of hydrogen-bond donors (Lipinski definition) is 0. The first kappa shape index (κ1) is 25.7. The van der Waals surface area contributed by atoms with Crippen molar-refractivity contribution in [3.8, 4) is 0 Å². The Morgan fingerprint density at radius 2 is 1.56 bits per heavy atom. The van der Waals surface area contributed by atoms with Crippen molar-refractivity contribution in [3.63, 3.8) is 0 Å². The summed E-state index contributed by atoms with van der Waals surface area (Å²) in [4.78, 5) is 15.5. The van der Waals surface area contributed by atoms with E-state index in [1.54, 1.807) is 23.1 Å². The fourth-order valence-electron chi connectivity index (χ4n) is 4.26. The van der Waals surface area contributed by atoms with Crippen molar-refractivity contribution in [2.24, 2.45) is 5.92 Å². The lowest BCUT2D eigenvalue weighted by atomic mass is 10.1. The summed E-state index contributed by atoms with van der Waals surface area (Å²) in [5, 5.41) is 1.49. The topological polar surface area (TPSA) is 70.8 Å². The van der Waals surface area contributed by atoms with Crippen LogP contribution in [-0.4, -0.2) is 36.6 Å². The van der Waals surface area contributed by atoms with Crippen molar-refractivity contribution in [2.45, 2.75) is 38.8 Å². The lowest BCUT2D eigenvalue weighted by Gasteiger charge is -2.28. The summed E-state index contributed by atoms with van der Waals surface area (Å²) >= 11 is 0. The third-order valence-electron chi connectivity index (χ3n) is 5.96. The highest BCUT2D eigenvalue weighted by Crippen LogP contribution is 2.26. The smallest absolute Gasteiger partial charge is 0.244 e. The van der Waals surface area contributed by atoms with E-state index >= 15 is 0 Å². The van der Waals surface area contributed by atoms with Gasteiger partial charge in [-0.3, -0.25) is 4.79 Å². The average Bonchev–Trinajstić information content (AvgIpc) is 3.27. The van der Waals surface area contributed by atoms with Gasteiger partial charge in [0.05, 0.1) is 18.0 Å². The molecule has 1 aromatic heterocycles. The summed E-state index contributed by atoms with van der Waals surface area (Å²) in [6, 6.07) is 26.0. The minimum atomic E-state index is -3.93. The minimum absolute atomic E-state index is 0.0397. The molecule has 4 rings (SSSR count). The monoisotopic (exact) mass is 504 g/mol. The van der Waals surface area contributed by atoms with Gasteiger partial charge in [-0.25, -0.2) is 8.42 Å². The molecule has 0 aliphatic rings. The third-order valence-corrected chi connectivity index (χ3v) is 7.83. The van der Waals surface area contributed by atoms with Crippen LogP contribution in [0.15, 0.2) is 94.2 Å². The Hall–Kier alpha value is -3.42. The third kappa shape index (κ3) is 6.04. The molecule has 1 amide bonds. The number of carbonyl (C=O) groups excluding carboxylic acids is 1. The van der Waals surface area contributed by atoms with E-state index in [1.165, 1.54) is 4.31 Å². The molecule has 0 aliphatic heterocycles. The molecule has 0 bridgehead atoms. The SMILES string of the molecule is Cc1ccc(CN(Cc2ccccc2)C(=O)CN(CC(C)C)S(=O)(=O)c2cccc3ccccc23)o1.